The van der Waals surface area contributed by atoms with Crippen LogP contribution in [-0.2, 0) is 4.79 Å². The van der Waals surface area contributed by atoms with Crippen molar-refractivity contribution in [1.82, 2.24) is 14.9 Å². The van der Waals surface area contributed by atoms with E-state index in [4.69, 9.17) is 17.4 Å². The molecule has 1 heterocycles. The van der Waals surface area contributed by atoms with Gasteiger partial charge >= 0.3 is 0 Å². The van der Waals surface area contributed by atoms with Crippen LogP contribution in [-0.4, -0.2) is 32.3 Å². The molecule has 0 bridgehead atoms. The molecule has 3 N–H and O–H groups in total. The summed E-state index contributed by atoms with van der Waals surface area (Å²) in [5, 5.41) is 12.0. The van der Waals surface area contributed by atoms with Crippen molar-refractivity contribution < 1.29 is 4.79 Å². The van der Waals surface area contributed by atoms with Gasteiger partial charge in [0.15, 0.2) is 5.82 Å². The fraction of sp³-hybridized carbons (Fsp3) is 0.105. The molecule has 0 unspecified atom stereocenters. The third kappa shape index (κ3) is 4.89. The Morgan fingerprint density at radius 1 is 1.18 bits per heavy atom. The first-order valence-corrected chi connectivity index (χ1v) is 10.7. The summed E-state index contributed by atoms with van der Waals surface area (Å²) in [7, 11) is 0. The Kier molecular flexibility index (Phi) is 7.02. The van der Waals surface area contributed by atoms with Gasteiger partial charge < -0.3 is 11.2 Å². The predicted octanol–water partition coefficient (Wildman–Crippen LogP) is 4.32. The first-order chi connectivity index (χ1) is 13.6. The Morgan fingerprint density at radius 3 is 2.71 bits per heavy atom. The number of para-hydroxylation sites is 1. The lowest BCUT2D eigenvalue weighted by Crippen LogP contribution is -2.16. The van der Waals surface area contributed by atoms with E-state index >= 15 is 0 Å². The van der Waals surface area contributed by atoms with Crippen LogP contribution in [0.2, 0.25) is 5.02 Å². The lowest BCUT2D eigenvalue weighted by Gasteiger charge is -2.10. The number of hydrogen-bond donors (Lipinski definition) is 2. The molecule has 0 fully saturated rings. The Labute approximate surface area is 176 Å². The molecule has 0 saturated heterocycles. The van der Waals surface area contributed by atoms with Crippen LogP contribution >= 0.6 is 35.1 Å². The molecular formula is C19H18ClN5OS2. The number of carbonyl (C=O) groups excluding carboxylic acids is 1. The van der Waals surface area contributed by atoms with Crippen LogP contribution in [0.3, 0.4) is 0 Å². The zero-order valence-electron chi connectivity index (χ0n) is 14.8. The average molecular weight is 432 g/mol. The molecule has 0 spiro atoms. The van der Waals surface area contributed by atoms with Gasteiger partial charge in [-0.2, -0.15) is 0 Å². The lowest BCUT2D eigenvalue weighted by molar-refractivity contribution is -0.113. The maximum Gasteiger partial charge on any atom is 0.234 e. The highest BCUT2D eigenvalue weighted by Gasteiger charge is 2.16. The second kappa shape index (κ2) is 9.68. The number of hydrogen-bond acceptors (Lipinski definition) is 6. The number of benzene rings is 2. The molecule has 9 heteroatoms. The summed E-state index contributed by atoms with van der Waals surface area (Å²) in [4.78, 5) is 13.4. The quantitative estimate of drug-likeness (QED) is 0.314. The molecule has 144 valence electrons. The molecule has 1 amide bonds. The van der Waals surface area contributed by atoms with Gasteiger partial charge in [0, 0.05) is 16.2 Å². The molecule has 0 radical (unpaired) electrons. The summed E-state index contributed by atoms with van der Waals surface area (Å²) in [6.07, 6.45) is 1.82. The molecule has 2 aromatic carbocycles. The van der Waals surface area contributed by atoms with E-state index in [1.165, 1.54) is 16.4 Å². The number of rotatable bonds is 8. The number of carbonyl (C=O) groups is 1. The van der Waals surface area contributed by atoms with E-state index in [1.807, 2.05) is 48.5 Å². The Bertz CT molecular complexity index is 992. The number of thioether (sulfide) groups is 2. The number of nitrogens with one attached hydrogen (secondary N) is 1. The molecule has 0 aliphatic rings. The molecule has 0 aliphatic carbocycles. The second-order valence-corrected chi connectivity index (χ2v) is 8.00. The number of halogens is 1. The van der Waals surface area contributed by atoms with Crippen LogP contribution in [0.25, 0.3) is 11.4 Å². The summed E-state index contributed by atoms with van der Waals surface area (Å²) in [6, 6.07) is 14.9. The first kappa shape index (κ1) is 20.3. The number of nitrogens with two attached hydrogens (primary N) is 1. The SMILES string of the molecule is C=CCSc1ccccc1NC(=O)CSc1nnc(-c2ccccc2Cl)n1N. The van der Waals surface area contributed by atoms with Crippen molar-refractivity contribution in [2.75, 3.05) is 22.7 Å². The van der Waals surface area contributed by atoms with Gasteiger partial charge in [-0.3, -0.25) is 4.79 Å². The number of anilines is 1. The van der Waals surface area contributed by atoms with Crippen LogP contribution in [0.5, 0.6) is 0 Å². The second-order valence-electron chi connectivity index (χ2n) is 5.59. The van der Waals surface area contributed by atoms with Gasteiger partial charge in [0.1, 0.15) is 0 Å². The monoisotopic (exact) mass is 431 g/mol. The van der Waals surface area contributed by atoms with E-state index in [2.05, 4.69) is 22.1 Å². The van der Waals surface area contributed by atoms with Crippen molar-refractivity contribution >= 4 is 46.7 Å². The Hall–Kier alpha value is -2.42. The van der Waals surface area contributed by atoms with Gasteiger partial charge in [0.25, 0.3) is 0 Å². The van der Waals surface area contributed by atoms with Gasteiger partial charge in [-0.25, -0.2) is 4.68 Å². The molecule has 1 aromatic heterocycles. The fourth-order valence-electron chi connectivity index (χ4n) is 2.36. The van der Waals surface area contributed by atoms with Crippen molar-refractivity contribution in [2.45, 2.75) is 10.1 Å². The molecule has 0 atom stereocenters. The van der Waals surface area contributed by atoms with Crippen molar-refractivity contribution in [2.24, 2.45) is 0 Å². The van der Waals surface area contributed by atoms with Crippen LogP contribution in [0.15, 0.2) is 71.2 Å². The normalized spacial score (nSPS) is 10.6. The van der Waals surface area contributed by atoms with Crippen LogP contribution < -0.4 is 11.2 Å². The van der Waals surface area contributed by atoms with E-state index in [0.29, 0.717) is 21.6 Å². The number of amides is 1. The van der Waals surface area contributed by atoms with Gasteiger partial charge in [-0.1, -0.05) is 53.7 Å². The summed E-state index contributed by atoms with van der Waals surface area (Å²) >= 11 is 9.01. The Morgan fingerprint density at radius 2 is 1.93 bits per heavy atom. The van der Waals surface area contributed by atoms with Crippen LogP contribution in [0.4, 0.5) is 5.69 Å². The van der Waals surface area contributed by atoms with E-state index in [0.717, 1.165) is 16.3 Å². The van der Waals surface area contributed by atoms with E-state index in [-0.39, 0.29) is 11.7 Å². The van der Waals surface area contributed by atoms with Crippen LogP contribution in [0.1, 0.15) is 0 Å². The van der Waals surface area contributed by atoms with E-state index in [1.54, 1.807) is 17.8 Å². The van der Waals surface area contributed by atoms with Gasteiger partial charge in [0.2, 0.25) is 11.1 Å². The zero-order valence-corrected chi connectivity index (χ0v) is 17.2. The summed E-state index contributed by atoms with van der Waals surface area (Å²) in [6.45, 7) is 3.72. The highest BCUT2D eigenvalue weighted by Crippen LogP contribution is 2.29. The smallest absolute Gasteiger partial charge is 0.234 e. The molecule has 3 aromatic rings. The first-order valence-electron chi connectivity index (χ1n) is 8.31. The molecule has 0 saturated carbocycles. The topological polar surface area (TPSA) is 85.8 Å². The number of aromatic nitrogens is 3. The van der Waals surface area contributed by atoms with Crippen molar-refractivity contribution in [3.63, 3.8) is 0 Å². The highest BCUT2D eigenvalue weighted by molar-refractivity contribution is 8.00. The minimum absolute atomic E-state index is 0.151. The number of nitrogen functional groups attached to an aromatic ring is 1. The standard InChI is InChI=1S/C19H18ClN5OS2/c1-2-11-27-16-10-6-5-9-15(16)22-17(26)12-28-19-24-23-18(25(19)21)13-7-3-4-8-14(13)20/h2-10H,1,11-12,21H2,(H,22,26). The lowest BCUT2D eigenvalue weighted by atomic mass is 10.2. The predicted molar refractivity (Wildman–Crippen MR) is 117 cm³/mol. The molecular weight excluding hydrogens is 414 g/mol. The Balaban J connectivity index is 1.65. The summed E-state index contributed by atoms with van der Waals surface area (Å²) in [5.74, 6) is 7.30. The van der Waals surface area contributed by atoms with Crippen LogP contribution in [0, 0.1) is 0 Å². The molecule has 6 nitrogen and oxygen atoms in total. The third-order valence-electron chi connectivity index (χ3n) is 3.63. The molecule has 28 heavy (non-hydrogen) atoms. The van der Waals surface area contributed by atoms with Crippen molar-refractivity contribution in [1.29, 1.82) is 0 Å². The minimum Gasteiger partial charge on any atom is -0.335 e. The number of nitrogens with zero attached hydrogens (tertiary/aromatic N) is 3. The average Bonchev–Trinajstić information content (AvgIpc) is 3.06. The molecule has 0 aliphatic heterocycles. The van der Waals surface area contributed by atoms with Gasteiger partial charge in [0.05, 0.1) is 16.5 Å². The van der Waals surface area contributed by atoms with Gasteiger partial charge in [-0.15, -0.1) is 28.5 Å². The minimum atomic E-state index is -0.154. The summed E-state index contributed by atoms with van der Waals surface area (Å²) < 4.78 is 1.34. The van der Waals surface area contributed by atoms with Gasteiger partial charge in [-0.05, 0) is 24.3 Å². The van der Waals surface area contributed by atoms with Crippen molar-refractivity contribution in [3.8, 4) is 11.4 Å². The summed E-state index contributed by atoms with van der Waals surface area (Å²) in [5.41, 5.74) is 1.45. The van der Waals surface area contributed by atoms with E-state index < -0.39 is 0 Å². The maximum atomic E-state index is 12.4. The zero-order chi connectivity index (χ0) is 19.9. The largest absolute Gasteiger partial charge is 0.335 e. The fourth-order valence-corrected chi connectivity index (χ4v) is 3.99. The highest BCUT2D eigenvalue weighted by atomic mass is 35.5. The third-order valence-corrected chi connectivity index (χ3v) is 5.97. The molecule has 3 rings (SSSR count). The van der Waals surface area contributed by atoms with E-state index in [9.17, 15) is 4.79 Å². The maximum absolute atomic E-state index is 12.4. The van der Waals surface area contributed by atoms with Crippen molar-refractivity contribution in [3.05, 3.63) is 66.2 Å².